The molecular formula is C17H19FIN. The second-order valence-corrected chi connectivity index (χ2v) is 6.46. The molecule has 0 fully saturated rings. The van der Waals surface area contributed by atoms with Gasteiger partial charge in [0.25, 0.3) is 0 Å². The first-order valence-electron chi connectivity index (χ1n) is 6.68. The molecule has 106 valence electrons. The number of aryl methyl sites for hydroxylation is 3. The molecule has 2 aromatic carbocycles. The first-order chi connectivity index (χ1) is 9.38. The minimum atomic E-state index is -0.199. The molecule has 0 heterocycles. The summed E-state index contributed by atoms with van der Waals surface area (Å²) in [4.78, 5) is 0. The first kappa shape index (κ1) is 15.3. The van der Waals surface area contributed by atoms with E-state index in [1.807, 2.05) is 0 Å². The molecule has 2 rings (SSSR count). The Kier molecular flexibility index (Phi) is 4.68. The molecule has 0 aromatic heterocycles. The molecule has 0 spiro atoms. The van der Waals surface area contributed by atoms with Gasteiger partial charge in [0, 0.05) is 15.3 Å². The normalized spacial score (nSPS) is 12.3. The van der Waals surface area contributed by atoms with Crippen molar-refractivity contribution in [2.75, 3.05) is 5.32 Å². The number of anilines is 1. The van der Waals surface area contributed by atoms with Crippen LogP contribution in [0, 0.1) is 30.2 Å². The Bertz CT molecular complexity index is 614. The molecule has 1 nitrogen and oxygen atoms in total. The Morgan fingerprint density at radius 3 is 2.20 bits per heavy atom. The average Bonchev–Trinajstić information content (AvgIpc) is 2.31. The van der Waals surface area contributed by atoms with E-state index < -0.39 is 0 Å². The van der Waals surface area contributed by atoms with Gasteiger partial charge in [0.2, 0.25) is 0 Å². The van der Waals surface area contributed by atoms with Crippen molar-refractivity contribution >= 4 is 28.3 Å². The Balaban J connectivity index is 2.31. The lowest BCUT2D eigenvalue weighted by Gasteiger charge is -2.21. The third kappa shape index (κ3) is 3.32. The zero-order chi connectivity index (χ0) is 14.9. The van der Waals surface area contributed by atoms with Gasteiger partial charge < -0.3 is 5.32 Å². The Morgan fingerprint density at radius 2 is 1.65 bits per heavy atom. The van der Waals surface area contributed by atoms with E-state index in [1.54, 1.807) is 12.1 Å². The van der Waals surface area contributed by atoms with E-state index in [1.165, 1.54) is 28.3 Å². The summed E-state index contributed by atoms with van der Waals surface area (Å²) in [6.07, 6.45) is 0. The summed E-state index contributed by atoms with van der Waals surface area (Å²) in [5, 5.41) is 3.48. The van der Waals surface area contributed by atoms with Crippen molar-refractivity contribution in [2.45, 2.75) is 33.7 Å². The highest BCUT2D eigenvalue weighted by atomic mass is 127. The third-order valence-electron chi connectivity index (χ3n) is 3.47. The topological polar surface area (TPSA) is 12.0 Å². The van der Waals surface area contributed by atoms with Crippen LogP contribution in [-0.4, -0.2) is 0 Å². The molecule has 1 unspecified atom stereocenters. The highest BCUT2D eigenvalue weighted by Gasteiger charge is 2.13. The molecule has 0 saturated heterocycles. The summed E-state index contributed by atoms with van der Waals surface area (Å²) >= 11 is 2.16. The highest BCUT2D eigenvalue weighted by molar-refractivity contribution is 14.1. The maximum absolute atomic E-state index is 13.1. The predicted octanol–water partition coefficient (Wildman–Crippen LogP) is 5.53. The zero-order valence-corrected chi connectivity index (χ0v) is 14.4. The molecular weight excluding hydrogens is 364 g/mol. The van der Waals surface area contributed by atoms with Crippen molar-refractivity contribution in [2.24, 2.45) is 0 Å². The van der Waals surface area contributed by atoms with Crippen molar-refractivity contribution in [1.29, 1.82) is 0 Å². The lowest BCUT2D eigenvalue weighted by atomic mass is 9.95. The van der Waals surface area contributed by atoms with Gasteiger partial charge in [-0.1, -0.05) is 17.7 Å². The molecule has 2 aromatic rings. The average molecular weight is 383 g/mol. The molecule has 0 aliphatic rings. The SMILES string of the molecule is Cc1cc(C)c(C(C)Nc2ccc(F)cc2I)c(C)c1. The van der Waals surface area contributed by atoms with Gasteiger partial charge in [0.05, 0.1) is 0 Å². The van der Waals surface area contributed by atoms with Crippen LogP contribution in [0.25, 0.3) is 0 Å². The van der Waals surface area contributed by atoms with E-state index in [2.05, 4.69) is 67.7 Å². The quantitative estimate of drug-likeness (QED) is 0.688. The van der Waals surface area contributed by atoms with E-state index in [-0.39, 0.29) is 11.9 Å². The van der Waals surface area contributed by atoms with Crippen molar-refractivity contribution in [3.8, 4) is 0 Å². The summed E-state index contributed by atoms with van der Waals surface area (Å²) < 4.78 is 14.0. The van der Waals surface area contributed by atoms with Crippen LogP contribution in [0.15, 0.2) is 30.3 Å². The lowest BCUT2D eigenvalue weighted by molar-refractivity contribution is 0.627. The van der Waals surface area contributed by atoms with Crippen LogP contribution in [0.2, 0.25) is 0 Å². The number of benzene rings is 2. The smallest absolute Gasteiger partial charge is 0.124 e. The maximum Gasteiger partial charge on any atom is 0.124 e. The van der Waals surface area contributed by atoms with Gasteiger partial charge in [-0.15, -0.1) is 0 Å². The van der Waals surface area contributed by atoms with Gasteiger partial charge in [0.15, 0.2) is 0 Å². The summed E-state index contributed by atoms with van der Waals surface area (Å²) in [6.45, 7) is 8.54. The monoisotopic (exact) mass is 383 g/mol. The van der Waals surface area contributed by atoms with Crippen molar-refractivity contribution < 1.29 is 4.39 Å². The summed E-state index contributed by atoms with van der Waals surface area (Å²) in [5.74, 6) is -0.199. The van der Waals surface area contributed by atoms with E-state index in [4.69, 9.17) is 0 Å². The van der Waals surface area contributed by atoms with Gasteiger partial charge in [0.1, 0.15) is 5.82 Å². The highest BCUT2D eigenvalue weighted by Crippen LogP contribution is 2.28. The van der Waals surface area contributed by atoms with Gasteiger partial charge in [-0.25, -0.2) is 4.39 Å². The standard InChI is InChI=1S/C17H19FIN/c1-10-7-11(2)17(12(3)8-10)13(4)20-16-6-5-14(18)9-15(16)19/h5-9,13,20H,1-4H3. The van der Waals surface area contributed by atoms with Crippen molar-refractivity contribution in [3.05, 3.63) is 62.0 Å². The molecule has 0 saturated carbocycles. The van der Waals surface area contributed by atoms with Crippen LogP contribution in [0.4, 0.5) is 10.1 Å². The van der Waals surface area contributed by atoms with Crippen molar-refractivity contribution in [3.63, 3.8) is 0 Å². The van der Waals surface area contributed by atoms with Crippen LogP contribution < -0.4 is 5.32 Å². The van der Waals surface area contributed by atoms with Crippen LogP contribution in [0.1, 0.15) is 35.2 Å². The maximum atomic E-state index is 13.1. The molecule has 0 aliphatic heterocycles. The fourth-order valence-corrected chi connectivity index (χ4v) is 3.42. The van der Waals surface area contributed by atoms with Crippen LogP contribution in [0.5, 0.6) is 0 Å². The minimum Gasteiger partial charge on any atom is -0.378 e. The number of nitrogens with one attached hydrogen (secondary N) is 1. The lowest BCUT2D eigenvalue weighted by Crippen LogP contribution is -2.11. The fraction of sp³-hybridized carbons (Fsp3) is 0.294. The summed E-state index contributed by atoms with van der Waals surface area (Å²) in [6, 6.07) is 9.43. The Labute approximate surface area is 133 Å². The molecule has 3 heteroatoms. The second-order valence-electron chi connectivity index (χ2n) is 5.30. The van der Waals surface area contributed by atoms with E-state index in [0.29, 0.717) is 0 Å². The number of rotatable bonds is 3. The molecule has 0 bridgehead atoms. The van der Waals surface area contributed by atoms with E-state index in [9.17, 15) is 4.39 Å². The molecule has 1 N–H and O–H groups in total. The van der Waals surface area contributed by atoms with Gasteiger partial charge in [-0.3, -0.25) is 0 Å². The minimum absolute atomic E-state index is 0.189. The predicted molar refractivity (Wildman–Crippen MR) is 91.8 cm³/mol. The Morgan fingerprint density at radius 1 is 1.05 bits per heavy atom. The van der Waals surface area contributed by atoms with Crippen molar-refractivity contribution in [1.82, 2.24) is 0 Å². The third-order valence-corrected chi connectivity index (χ3v) is 4.37. The van der Waals surface area contributed by atoms with Crippen LogP contribution >= 0.6 is 22.6 Å². The van der Waals surface area contributed by atoms with E-state index >= 15 is 0 Å². The molecule has 0 amide bonds. The summed E-state index contributed by atoms with van der Waals surface area (Å²) in [7, 11) is 0. The second kappa shape index (κ2) is 6.12. The van der Waals surface area contributed by atoms with Gasteiger partial charge in [-0.05, 0) is 85.2 Å². The zero-order valence-electron chi connectivity index (χ0n) is 12.2. The Hall–Kier alpha value is -1.10. The number of halogens is 2. The molecule has 0 radical (unpaired) electrons. The van der Waals surface area contributed by atoms with Crippen LogP contribution in [0.3, 0.4) is 0 Å². The van der Waals surface area contributed by atoms with Crippen LogP contribution in [-0.2, 0) is 0 Å². The molecule has 1 atom stereocenters. The van der Waals surface area contributed by atoms with E-state index in [0.717, 1.165) is 9.26 Å². The number of hydrogen-bond acceptors (Lipinski definition) is 1. The van der Waals surface area contributed by atoms with Gasteiger partial charge in [-0.2, -0.15) is 0 Å². The molecule has 20 heavy (non-hydrogen) atoms. The van der Waals surface area contributed by atoms with Gasteiger partial charge >= 0.3 is 0 Å². The first-order valence-corrected chi connectivity index (χ1v) is 7.75. The number of hydrogen-bond donors (Lipinski definition) is 1. The summed E-state index contributed by atoms with van der Waals surface area (Å²) in [5.41, 5.74) is 6.15. The molecule has 0 aliphatic carbocycles. The fourth-order valence-electron chi connectivity index (χ4n) is 2.79. The largest absolute Gasteiger partial charge is 0.378 e.